The average Bonchev–Trinajstić information content (AvgIpc) is 1.82. The van der Waals surface area contributed by atoms with Gasteiger partial charge in [0.15, 0.2) is 0 Å². The lowest BCUT2D eigenvalue weighted by Gasteiger charge is -2.19. The van der Waals surface area contributed by atoms with Gasteiger partial charge in [-0.2, -0.15) is 0 Å². The molecule has 0 bridgehead atoms. The van der Waals surface area contributed by atoms with E-state index in [0.717, 1.165) is 13.1 Å². The number of halogens is 2. The van der Waals surface area contributed by atoms with E-state index < -0.39 is 0 Å². The van der Waals surface area contributed by atoms with Crippen molar-refractivity contribution in [1.82, 2.24) is 6.23 Å². The van der Waals surface area contributed by atoms with Crippen LogP contribution in [0.15, 0.2) is 0 Å². The van der Waals surface area contributed by atoms with Crippen molar-refractivity contribution in [2.75, 3.05) is 20.1 Å². The highest BCUT2D eigenvalue weighted by Gasteiger charge is 2.04. The highest BCUT2D eigenvalue weighted by Crippen LogP contribution is 2.05. The molecule has 0 saturated heterocycles. The molecule has 0 aromatic carbocycles. The molecule has 0 aliphatic carbocycles. The maximum absolute atomic E-state index is 2.37. The van der Waals surface area contributed by atoms with Gasteiger partial charge < -0.3 is 0 Å². The van der Waals surface area contributed by atoms with E-state index in [-0.39, 0.29) is 0 Å². The summed E-state index contributed by atoms with van der Waals surface area (Å²) in [6.07, 6.45) is 0. The average molecular weight is 368 g/mol. The Bertz CT molecular complexity index is 85.8. The molecule has 62 valence electrons. The second kappa shape index (κ2) is 5.96. The molecule has 0 spiro atoms. The molecule has 0 rings (SSSR count). The second-order valence-corrected chi connectivity index (χ2v) is 5.43. The SMILES string of the molecule is CC(C)N(I)CCN(C)I. The Morgan fingerprint density at radius 1 is 1.20 bits per heavy atom. The van der Waals surface area contributed by atoms with Crippen LogP contribution in [0.1, 0.15) is 13.8 Å². The zero-order chi connectivity index (χ0) is 8.15. The highest BCUT2D eigenvalue weighted by molar-refractivity contribution is 14.1. The quantitative estimate of drug-likeness (QED) is 0.556. The van der Waals surface area contributed by atoms with Gasteiger partial charge in [0.05, 0.1) is 0 Å². The van der Waals surface area contributed by atoms with Crippen molar-refractivity contribution in [3.63, 3.8) is 0 Å². The first-order chi connectivity index (χ1) is 4.54. The van der Waals surface area contributed by atoms with Gasteiger partial charge in [0.2, 0.25) is 0 Å². The second-order valence-electron chi connectivity index (χ2n) is 2.55. The van der Waals surface area contributed by atoms with Crippen LogP contribution in [-0.4, -0.2) is 32.4 Å². The molecule has 10 heavy (non-hydrogen) atoms. The lowest BCUT2D eigenvalue weighted by Crippen LogP contribution is -2.27. The molecule has 0 saturated carbocycles. The van der Waals surface area contributed by atoms with Crippen LogP contribution in [0, 0.1) is 0 Å². The van der Waals surface area contributed by atoms with Crippen LogP contribution in [0.3, 0.4) is 0 Å². The zero-order valence-electron chi connectivity index (χ0n) is 6.64. The van der Waals surface area contributed by atoms with E-state index in [0.29, 0.717) is 6.04 Å². The molecular weight excluding hydrogens is 354 g/mol. The number of rotatable bonds is 4. The molecule has 0 aliphatic rings. The Labute approximate surface area is 91.3 Å². The molecule has 0 unspecified atom stereocenters. The third kappa shape index (κ3) is 6.11. The van der Waals surface area contributed by atoms with E-state index in [1.807, 2.05) is 0 Å². The van der Waals surface area contributed by atoms with Crippen molar-refractivity contribution < 1.29 is 0 Å². The summed E-state index contributed by atoms with van der Waals surface area (Å²) in [5.41, 5.74) is 0. The number of hydrogen-bond acceptors (Lipinski definition) is 2. The van der Waals surface area contributed by atoms with E-state index in [2.05, 4.69) is 72.9 Å². The fourth-order valence-corrected chi connectivity index (χ4v) is 0.923. The first-order valence-electron chi connectivity index (χ1n) is 3.33. The standard InChI is InChI=1S/C6H14I2N2/c1-6(2)10(8)5-4-9(3)7/h6H,4-5H2,1-3H3. The van der Waals surface area contributed by atoms with Crippen molar-refractivity contribution >= 4 is 45.7 Å². The van der Waals surface area contributed by atoms with Crippen LogP contribution in [-0.2, 0) is 0 Å². The van der Waals surface area contributed by atoms with Gasteiger partial charge in [-0.15, -0.1) is 0 Å². The van der Waals surface area contributed by atoms with Gasteiger partial charge in [-0.25, -0.2) is 6.23 Å². The Balaban J connectivity index is 3.30. The van der Waals surface area contributed by atoms with E-state index in [1.165, 1.54) is 0 Å². The Morgan fingerprint density at radius 3 is 2.00 bits per heavy atom. The molecule has 0 fully saturated rings. The number of nitrogens with zero attached hydrogens (tertiary/aromatic N) is 2. The summed E-state index contributed by atoms with van der Waals surface area (Å²) in [5, 5.41) is 0. The summed E-state index contributed by atoms with van der Waals surface area (Å²) in [4.78, 5) is 0. The molecule has 0 aromatic rings. The van der Waals surface area contributed by atoms with E-state index >= 15 is 0 Å². The largest absolute Gasteiger partial charge is 0.249 e. The molecule has 0 N–H and O–H groups in total. The van der Waals surface area contributed by atoms with Crippen molar-refractivity contribution in [2.45, 2.75) is 19.9 Å². The normalized spacial score (nSPS) is 12.0. The first kappa shape index (κ1) is 11.4. The Hall–Kier alpha value is 1.38. The molecule has 4 heteroatoms. The zero-order valence-corrected chi connectivity index (χ0v) is 11.0. The predicted octanol–water partition coefficient (Wildman–Crippen LogP) is 2.33. The molecule has 0 aliphatic heterocycles. The molecule has 0 heterocycles. The summed E-state index contributed by atoms with van der Waals surface area (Å²) in [5.74, 6) is 0. The van der Waals surface area contributed by atoms with Crippen LogP contribution >= 0.6 is 45.7 Å². The minimum atomic E-state index is 0.650. The van der Waals surface area contributed by atoms with Crippen molar-refractivity contribution in [1.29, 1.82) is 0 Å². The maximum Gasteiger partial charge on any atom is 0.0220 e. The van der Waals surface area contributed by atoms with Crippen molar-refractivity contribution in [2.24, 2.45) is 0 Å². The van der Waals surface area contributed by atoms with Gasteiger partial charge in [-0.3, -0.25) is 0 Å². The summed E-state index contributed by atoms with van der Waals surface area (Å²) in [7, 11) is 2.09. The topological polar surface area (TPSA) is 6.48 Å². The Kier molecular flexibility index (Phi) is 6.78. The lowest BCUT2D eigenvalue weighted by atomic mass is 10.4. The summed E-state index contributed by atoms with van der Waals surface area (Å²) in [6.45, 7) is 6.68. The summed E-state index contributed by atoms with van der Waals surface area (Å²) >= 11 is 4.67. The smallest absolute Gasteiger partial charge is 0.0220 e. The highest BCUT2D eigenvalue weighted by atomic mass is 127. The first-order valence-corrected chi connectivity index (χ1v) is 5.26. The van der Waals surface area contributed by atoms with Crippen molar-refractivity contribution in [3.8, 4) is 0 Å². The predicted molar refractivity (Wildman–Crippen MR) is 62.5 cm³/mol. The molecule has 2 nitrogen and oxygen atoms in total. The van der Waals surface area contributed by atoms with Crippen LogP contribution in [0.4, 0.5) is 0 Å². The molecule has 0 radical (unpaired) electrons. The van der Waals surface area contributed by atoms with Crippen LogP contribution < -0.4 is 0 Å². The van der Waals surface area contributed by atoms with E-state index in [9.17, 15) is 0 Å². The maximum atomic E-state index is 2.37. The van der Waals surface area contributed by atoms with E-state index in [4.69, 9.17) is 0 Å². The third-order valence-corrected chi connectivity index (χ3v) is 3.26. The molecule has 0 aromatic heterocycles. The van der Waals surface area contributed by atoms with Crippen LogP contribution in [0.25, 0.3) is 0 Å². The fraction of sp³-hybridized carbons (Fsp3) is 1.00. The van der Waals surface area contributed by atoms with Gasteiger partial charge in [0, 0.05) is 64.9 Å². The van der Waals surface area contributed by atoms with Gasteiger partial charge >= 0.3 is 0 Å². The minimum Gasteiger partial charge on any atom is -0.249 e. The Morgan fingerprint density at radius 2 is 1.70 bits per heavy atom. The molecule has 0 atom stereocenters. The van der Waals surface area contributed by atoms with Gasteiger partial charge in [-0.05, 0) is 20.9 Å². The lowest BCUT2D eigenvalue weighted by molar-refractivity contribution is 0.404. The van der Waals surface area contributed by atoms with Crippen molar-refractivity contribution in [3.05, 3.63) is 0 Å². The summed E-state index contributed by atoms with van der Waals surface area (Å²) < 4.78 is 4.48. The monoisotopic (exact) mass is 368 g/mol. The van der Waals surface area contributed by atoms with Gasteiger partial charge in [0.25, 0.3) is 0 Å². The van der Waals surface area contributed by atoms with E-state index in [1.54, 1.807) is 0 Å². The van der Waals surface area contributed by atoms with Gasteiger partial charge in [0.1, 0.15) is 0 Å². The van der Waals surface area contributed by atoms with Crippen LogP contribution in [0.2, 0.25) is 0 Å². The molecular formula is C6H14I2N2. The van der Waals surface area contributed by atoms with Crippen LogP contribution in [0.5, 0.6) is 0 Å². The minimum absolute atomic E-state index is 0.650. The summed E-state index contributed by atoms with van der Waals surface area (Å²) in [6, 6.07) is 0.650. The van der Waals surface area contributed by atoms with Gasteiger partial charge in [-0.1, -0.05) is 0 Å². The third-order valence-electron chi connectivity index (χ3n) is 1.18. The fourth-order valence-electron chi connectivity index (χ4n) is 0.492. The number of likely N-dealkylation sites (N-methyl/N-ethyl adjacent to an activating group) is 1. The molecule has 0 amide bonds. The number of hydrogen-bond donors (Lipinski definition) is 0.